The van der Waals surface area contributed by atoms with Gasteiger partial charge in [0.25, 0.3) is 0 Å². The van der Waals surface area contributed by atoms with Gasteiger partial charge in [0.05, 0.1) is 17.2 Å². The van der Waals surface area contributed by atoms with Crippen molar-refractivity contribution in [1.82, 2.24) is 9.80 Å². The van der Waals surface area contributed by atoms with Crippen LogP contribution < -0.4 is 4.90 Å². The molecule has 2 N–H and O–H groups in total. The SMILES string of the molecule is CN(C)C1(c2ccccc2)CCC2(CC1)CN(c1ccc(C#N)cc1)C(O)N2CC1(O)CCC1. The van der Waals surface area contributed by atoms with Crippen LogP contribution in [-0.2, 0) is 5.54 Å². The molecule has 1 unspecified atom stereocenters. The average Bonchev–Trinajstić information content (AvgIpc) is 3.10. The molecule has 0 bridgehead atoms. The molecule has 2 saturated carbocycles. The number of rotatable bonds is 5. The molecule has 34 heavy (non-hydrogen) atoms. The number of nitrogens with zero attached hydrogens (tertiary/aromatic N) is 4. The van der Waals surface area contributed by atoms with Gasteiger partial charge in [-0.2, -0.15) is 5.26 Å². The Balaban J connectivity index is 1.46. The van der Waals surface area contributed by atoms with Gasteiger partial charge in [-0.25, -0.2) is 0 Å². The zero-order chi connectivity index (χ0) is 24.0. The van der Waals surface area contributed by atoms with Crippen LogP contribution in [0.5, 0.6) is 0 Å². The first kappa shape index (κ1) is 23.3. The Morgan fingerprint density at radius 3 is 2.15 bits per heavy atom. The second-order valence-corrected chi connectivity index (χ2v) is 10.9. The molecule has 2 aromatic rings. The summed E-state index contributed by atoms with van der Waals surface area (Å²) >= 11 is 0. The molecule has 5 rings (SSSR count). The van der Waals surface area contributed by atoms with Gasteiger partial charge in [0.1, 0.15) is 0 Å². The summed E-state index contributed by atoms with van der Waals surface area (Å²) in [6.45, 7) is 1.22. The minimum atomic E-state index is -0.791. The van der Waals surface area contributed by atoms with Crippen molar-refractivity contribution >= 4 is 5.69 Å². The first-order valence-electron chi connectivity index (χ1n) is 12.5. The second kappa shape index (κ2) is 8.66. The third-order valence-corrected chi connectivity index (χ3v) is 8.88. The Hall–Kier alpha value is -2.43. The van der Waals surface area contributed by atoms with E-state index in [2.05, 4.69) is 60.3 Å². The molecule has 0 aromatic heterocycles. The number of aliphatic hydroxyl groups excluding tert-OH is 1. The molecule has 1 aliphatic heterocycles. The molecule has 2 aliphatic carbocycles. The third kappa shape index (κ3) is 3.81. The van der Waals surface area contributed by atoms with Gasteiger partial charge in [0.15, 0.2) is 6.35 Å². The fraction of sp³-hybridized carbons (Fsp3) is 0.536. The molecule has 1 saturated heterocycles. The van der Waals surface area contributed by atoms with Gasteiger partial charge < -0.3 is 15.1 Å². The van der Waals surface area contributed by atoms with Crippen molar-refractivity contribution in [2.75, 3.05) is 32.1 Å². The maximum atomic E-state index is 11.6. The number of aliphatic hydroxyl groups is 2. The molecule has 3 fully saturated rings. The maximum absolute atomic E-state index is 11.6. The molecular weight excluding hydrogens is 424 g/mol. The number of hydrogen-bond donors (Lipinski definition) is 2. The van der Waals surface area contributed by atoms with E-state index in [1.165, 1.54) is 5.56 Å². The lowest BCUT2D eigenvalue weighted by Crippen LogP contribution is -2.60. The van der Waals surface area contributed by atoms with E-state index in [-0.39, 0.29) is 11.1 Å². The van der Waals surface area contributed by atoms with Crippen LogP contribution in [0, 0.1) is 11.3 Å². The summed E-state index contributed by atoms with van der Waals surface area (Å²) in [7, 11) is 4.35. The fourth-order valence-corrected chi connectivity index (χ4v) is 6.48. The summed E-state index contributed by atoms with van der Waals surface area (Å²) in [5.41, 5.74) is 1.95. The first-order chi connectivity index (χ1) is 16.3. The topological polar surface area (TPSA) is 74.0 Å². The van der Waals surface area contributed by atoms with E-state index < -0.39 is 12.0 Å². The van der Waals surface area contributed by atoms with Gasteiger partial charge >= 0.3 is 0 Å². The molecule has 0 radical (unpaired) electrons. The van der Waals surface area contributed by atoms with Crippen molar-refractivity contribution in [2.45, 2.75) is 68.0 Å². The summed E-state index contributed by atoms with van der Waals surface area (Å²) in [6.07, 6.45) is 5.73. The number of anilines is 1. The summed E-state index contributed by atoms with van der Waals surface area (Å²) in [4.78, 5) is 6.60. The number of nitriles is 1. The van der Waals surface area contributed by atoms with Gasteiger partial charge in [-0.05, 0) is 88.9 Å². The van der Waals surface area contributed by atoms with E-state index >= 15 is 0 Å². The Bertz CT molecular complexity index is 1030. The first-order valence-corrected chi connectivity index (χ1v) is 12.5. The lowest BCUT2D eigenvalue weighted by Gasteiger charge is -2.53. The maximum Gasteiger partial charge on any atom is 0.187 e. The van der Waals surface area contributed by atoms with Crippen LogP contribution in [0.15, 0.2) is 54.6 Å². The van der Waals surface area contributed by atoms with Crippen LogP contribution in [-0.4, -0.2) is 64.7 Å². The van der Waals surface area contributed by atoms with Crippen molar-refractivity contribution in [3.05, 3.63) is 65.7 Å². The summed E-state index contributed by atoms with van der Waals surface area (Å²) in [5, 5.41) is 31.8. The predicted octanol–water partition coefficient (Wildman–Crippen LogP) is 3.64. The lowest BCUT2D eigenvalue weighted by molar-refractivity contribution is -0.124. The quantitative estimate of drug-likeness (QED) is 0.710. The molecule has 3 aliphatic rings. The summed E-state index contributed by atoms with van der Waals surface area (Å²) < 4.78 is 0. The van der Waals surface area contributed by atoms with Gasteiger partial charge in [0, 0.05) is 29.9 Å². The second-order valence-electron chi connectivity index (χ2n) is 10.9. The average molecular weight is 461 g/mol. The fourth-order valence-electron chi connectivity index (χ4n) is 6.48. The Kier molecular flexibility index (Phi) is 5.94. The smallest absolute Gasteiger partial charge is 0.187 e. The van der Waals surface area contributed by atoms with E-state index in [4.69, 9.17) is 0 Å². The molecule has 180 valence electrons. The third-order valence-electron chi connectivity index (χ3n) is 8.88. The minimum Gasteiger partial charge on any atom is -0.389 e. The van der Waals surface area contributed by atoms with Crippen LogP contribution >= 0.6 is 0 Å². The molecule has 2 aromatic carbocycles. The molecule has 6 heteroatoms. The highest BCUT2D eigenvalue weighted by atomic mass is 16.3. The summed E-state index contributed by atoms with van der Waals surface area (Å²) in [5.74, 6) is 0. The molecular formula is C28H36N4O2. The van der Waals surface area contributed by atoms with Crippen LogP contribution in [0.25, 0.3) is 0 Å². The van der Waals surface area contributed by atoms with E-state index in [1.54, 1.807) is 0 Å². The largest absolute Gasteiger partial charge is 0.389 e. The normalized spacial score (nSPS) is 30.9. The standard InChI is InChI=1S/C28H36N4O2/c1-30(2)28(23-7-4-3-5-8-23)17-15-26(16-18-28)20-31(24-11-9-22(19-29)10-12-24)25(33)32(26)21-27(34)13-6-14-27/h3-5,7-12,25,33-34H,6,13-18,20-21H2,1-2H3. The van der Waals surface area contributed by atoms with Crippen molar-refractivity contribution in [1.29, 1.82) is 5.26 Å². The molecule has 1 spiro atoms. The highest BCUT2D eigenvalue weighted by Gasteiger charge is 2.56. The Morgan fingerprint density at radius 2 is 1.62 bits per heavy atom. The van der Waals surface area contributed by atoms with E-state index in [0.717, 1.165) is 50.6 Å². The lowest BCUT2D eigenvalue weighted by atomic mass is 9.67. The van der Waals surface area contributed by atoms with Crippen molar-refractivity contribution < 1.29 is 10.2 Å². The molecule has 1 atom stereocenters. The van der Waals surface area contributed by atoms with Crippen molar-refractivity contribution in [3.8, 4) is 6.07 Å². The Morgan fingerprint density at radius 1 is 0.971 bits per heavy atom. The van der Waals surface area contributed by atoms with E-state index in [0.29, 0.717) is 18.7 Å². The van der Waals surface area contributed by atoms with Gasteiger partial charge in [-0.1, -0.05) is 30.3 Å². The number of benzene rings is 2. The van der Waals surface area contributed by atoms with Crippen molar-refractivity contribution in [2.24, 2.45) is 0 Å². The van der Waals surface area contributed by atoms with Crippen LogP contribution in [0.1, 0.15) is 56.1 Å². The van der Waals surface area contributed by atoms with Crippen molar-refractivity contribution in [3.63, 3.8) is 0 Å². The van der Waals surface area contributed by atoms with E-state index in [9.17, 15) is 15.5 Å². The summed E-state index contributed by atoms with van der Waals surface area (Å²) in [6, 6.07) is 20.4. The van der Waals surface area contributed by atoms with E-state index in [1.807, 2.05) is 29.2 Å². The highest BCUT2D eigenvalue weighted by molar-refractivity contribution is 5.52. The zero-order valence-electron chi connectivity index (χ0n) is 20.3. The number of hydrogen-bond acceptors (Lipinski definition) is 6. The molecule has 6 nitrogen and oxygen atoms in total. The Labute approximate surface area is 203 Å². The van der Waals surface area contributed by atoms with Gasteiger partial charge in [0.2, 0.25) is 0 Å². The zero-order valence-corrected chi connectivity index (χ0v) is 20.3. The van der Waals surface area contributed by atoms with Crippen LogP contribution in [0.4, 0.5) is 5.69 Å². The van der Waals surface area contributed by atoms with Crippen LogP contribution in [0.3, 0.4) is 0 Å². The van der Waals surface area contributed by atoms with Gasteiger partial charge in [-0.15, -0.1) is 0 Å². The minimum absolute atomic E-state index is 0.0294. The molecule has 1 heterocycles. The van der Waals surface area contributed by atoms with Gasteiger partial charge in [-0.3, -0.25) is 9.80 Å². The predicted molar refractivity (Wildman–Crippen MR) is 133 cm³/mol. The van der Waals surface area contributed by atoms with Crippen LogP contribution in [0.2, 0.25) is 0 Å². The number of β-amino-alcohol motifs (C(OH)–C–C–N with tert-alkyl or cyclic N) is 1. The molecule has 0 amide bonds. The highest BCUT2D eigenvalue weighted by Crippen LogP contribution is 2.51. The monoisotopic (exact) mass is 460 g/mol.